The van der Waals surface area contributed by atoms with Crippen LogP contribution in [-0.4, -0.2) is 13.4 Å². The molecule has 0 aliphatic rings. The van der Waals surface area contributed by atoms with Gasteiger partial charge in [-0.3, -0.25) is 0 Å². The minimum absolute atomic E-state index is 0.159. The first-order chi connectivity index (χ1) is 8.95. The van der Waals surface area contributed by atoms with Crippen molar-refractivity contribution in [3.05, 3.63) is 42.5 Å². The van der Waals surface area contributed by atoms with E-state index >= 15 is 0 Å². The summed E-state index contributed by atoms with van der Waals surface area (Å²) in [5.41, 5.74) is 0.318. The zero-order valence-corrected chi connectivity index (χ0v) is 13.1. The third-order valence-corrected chi connectivity index (χ3v) is 7.53. The summed E-state index contributed by atoms with van der Waals surface area (Å²) in [6.07, 6.45) is 0. The van der Waals surface area contributed by atoms with Crippen LogP contribution >= 0.6 is 0 Å². The van der Waals surface area contributed by atoms with Crippen molar-refractivity contribution < 1.29 is 9.22 Å². The standard InChI is InChI=1S/C16H22O2Si/c1-12(2)19(17,13(3)4)18-16-11-7-9-14-8-5-6-10-15(14)16/h5-13,17H,1-4H3. The van der Waals surface area contributed by atoms with Crippen molar-refractivity contribution >= 4 is 19.3 Å². The Kier molecular flexibility index (Phi) is 3.97. The number of benzene rings is 2. The minimum atomic E-state index is -2.76. The summed E-state index contributed by atoms with van der Waals surface area (Å²) < 4.78 is 6.13. The van der Waals surface area contributed by atoms with Gasteiger partial charge >= 0.3 is 8.56 Å². The molecule has 102 valence electrons. The third-order valence-electron chi connectivity index (χ3n) is 3.68. The molecule has 2 aromatic carbocycles. The van der Waals surface area contributed by atoms with Gasteiger partial charge in [0.2, 0.25) is 0 Å². The fourth-order valence-corrected chi connectivity index (χ4v) is 4.70. The average molecular weight is 274 g/mol. The number of rotatable bonds is 4. The molecule has 3 heteroatoms. The van der Waals surface area contributed by atoms with E-state index in [2.05, 4.69) is 12.1 Å². The molecule has 0 radical (unpaired) electrons. The lowest BCUT2D eigenvalue weighted by Gasteiger charge is -2.33. The molecule has 0 aliphatic carbocycles. The number of hydrogen-bond donors (Lipinski definition) is 1. The molecule has 1 N–H and O–H groups in total. The third kappa shape index (κ3) is 2.67. The molecule has 0 saturated heterocycles. The second-order valence-electron chi connectivity index (χ2n) is 5.64. The predicted molar refractivity (Wildman–Crippen MR) is 82.7 cm³/mol. The lowest BCUT2D eigenvalue weighted by Crippen LogP contribution is -2.48. The lowest BCUT2D eigenvalue weighted by atomic mass is 10.1. The van der Waals surface area contributed by atoms with Gasteiger partial charge in [0.05, 0.1) is 0 Å². The molecule has 0 atom stereocenters. The normalized spacial score (nSPS) is 12.4. The Morgan fingerprint density at radius 3 is 2.11 bits per heavy atom. The Morgan fingerprint density at radius 1 is 0.895 bits per heavy atom. The van der Waals surface area contributed by atoms with Gasteiger partial charge < -0.3 is 9.22 Å². The van der Waals surface area contributed by atoms with Crippen molar-refractivity contribution in [2.75, 3.05) is 0 Å². The summed E-state index contributed by atoms with van der Waals surface area (Å²) in [7, 11) is -2.76. The van der Waals surface area contributed by atoms with Crippen molar-refractivity contribution in [3.63, 3.8) is 0 Å². The van der Waals surface area contributed by atoms with Gasteiger partial charge in [-0.05, 0) is 11.5 Å². The smallest absolute Gasteiger partial charge is 0.401 e. The van der Waals surface area contributed by atoms with Gasteiger partial charge in [0, 0.05) is 16.5 Å². The van der Waals surface area contributed by atoms with Crippen LogP contribution in [0.3, 0.4) is 0 Å². The van der Waals surface area contributed by atoms with E-state index in [1.165, 1.54) is 0 Å². The Labute approximate surface area is 116 Å². The number of hydrogen-bond acceptors (Lipinski definition) is 2. The molecule has 0 saturated carbocycles. The molecule has 2 aromatic rings. The van der Waals surface area contributed by atoms with Crippen LogP contribution in [0.5, 0.6) is 5.75 Å². The molecule has 0 fully saturated rings. The molecule has 0 bridgehead atoms. The first kappa shape index (κ1) is 14.1. The Morgan fingerprint density at radius 2 is 1.47 bits per heavy atom. The molecule has 2 nitrogen and oxygen atoms in total. The van der Waals surface area contributed by atoms with Crippen molar-refractivity contribution in [1.82, 2.24) is 0 Å². The van der Waals surface area contributed by atoms with Gasteiger partial charge in [0.15, 0.2) is 0 Å². The molecule has 0 aromatic heterocycles. The fourth-order valence-electron chi connectivity index (χ4n) is 2.36. The zero-order chi connectivity index (χ0) is 14.0. The van der Waals surface area contributed by atoms with Gasteiger partial charge in [-0.15, -0.1) is 0 Å². The van der Waals surface area contributed by atoms with Crippen LogP contribution in [0.1, 0.15) is 27.7 Å². The van der Waals surface area contributed by atoms with Gasteiger partial charge in [-0.2, -0.15) is 0 Å². The Hall–Kier alpha value is -1.32. The van der Waals surface area contributed by atoms with Gasteiger partial charge in [-0.1, -0.05) is 64.1 Å². The Balaban J connectivity index is 2.45. The maximum absolute atomic E-state index is 10.9. The highest BCUT2D eigenvalue weighted by Crippen LogP contribution is 2.35. The van der Waals surface area contributed by atoms with Crippen LogP contribution in [0, 0.1) is 0 Å². The van der Waals surface area contributed by atoms with Crippen molar-refractivity contribution in [1.29, 1.82) is 0 Å². The SMILES string of the molecule is CC(C)[Si](O)(Oc1cccc2ccccc12)C(C)C. The summed E-state index contributed by atoms with van der Waals surface area (Å²) in [6.45, 7) is 8.16. The highest BCUT2D eigenvalue weighted by molar-refractivity contribution is 6.69. The van der Waals surface area contributed by atoms with Crippen LogP contribution in [0.25, 0.3) is 10.8 Å². The molecule has 0 amide bonds. The summed E-state index contributed by atoms with van der Waals surface area (Å²) in [5.74, 6) is 0.801. The fraction of sp³-hybridized carbons (Fsp3) is 0.375. The van der Waals surface area contributed by atoms with E-state index in [9.17, 15) is 4.80 Å². The largest absolute Gasteiger partial charge is 0.519 e. The topological polar surface area (TPSA) is 29.5 Å². The summed E-state index contributed by atoms with van der Waals surface area (Å²) in [5, 5.41) is 2.21. The van der Waals surface area contributed by atoms with Crippen LogP contribution in [0.2, 0.25) is 11.1 Å². The van der Waals surface area contributed by atoms with Crippen molar-refractivity contribution in [3.8, 4) is 5.75 Å². The van der Waals surface area contributed by atoms with Crippen LogP contribution < -0.4 is 4.43 Å². The van der Waals surface area contributed by atoms with Crippen molar-refractivity contribution in [2.45, 2.75) is 38.8 Å². The average Bonchev–Trinajstić information content (AvgIpc) is 2.38. The van der Waals surface area contributed by atoms with E-state index in [0.29, 0.717) is 0 Å². The highest BCUT2D eigenvalue weighted by atomic mass is 28.4. The summed E-state index contributed by atoms with van der Waals surface area (Å²) in [6, 6.07) is 14.1. The molecular weight excluding hydrogens is 252 g/mol. The summed E-state index contributed by atoms with van der Waals surface area (Å²) >= 11 is 0. The Bertz CT molecular complexity index is 550. The second-order valence-corrected chi connectivity index (χ2v) is 9.66. The molecule has 2 rings (SSSR count). The molecule has 19 heavy (non-hydrogen) atoms. The monoisotopic (exact) mass is 274 g/mol. The van der Waals surface area contributed by atoms with Gasteiger partial charge in [-0.25, -0.2) is 0 Å². The van der Waals surface area contributed by atoms with E-state index in [-0.39, 0.29) is 11.1 Å². The van der Waals surface area contributed by atoms with E-state index in [4.69, 9.17) is 4.43 Å². The van der Waals surface area contributed by atoms with E-state index in [0.717, 1.165) is 16.5 Å². The van der Waals surface area contributed by atoms with E-state index in [1.54, 1.807) is 0 Å². The molecule has 0 spiro atoms. The van der Waals surface area contributed by atoms with Crippen LogP contribution in [0.15, 0.2) is 42.5 Å². The van der Waals surface area contributed by atoms with Gasteiger partial charge in [0.1, 0.15) is 5.75 Å². The van der Waals surface area contributed by atoms with E-state index in [1.807, 2.05) is 58.0 Å². The quantitative estimate of drug-likeness (QED) is 0.833. The van der Waals surface area contributed by atoms with Crippen LogP contribution in [-0.2, 0) is 0 Å². The number of fused-ring (bicyclic) bond motifs is 1. The van der Waals surface area contributed by atoms with E-state index < -0.39 is 8.56 Å². The highest BCUT2D eigenvalue weighted by Gasteiger charge is 2.43. The first-order valence-electron chi connectivity index (χ1n) is 6.84. The molecule has 0 heterocycles. The first-order valence-corrected chi connectivity index (χ1v) is 8.85. The van der Waals surface area contributed by atoms with Crippen molar-refractivity contribution in [2.24, 2.45) is 0 Å². The maximum Gasteiger partial charge on any atom is 0.401 e. The second kappa shape index (κ2) is 5.35. The maximum atomic E-state index is 10.9. The lowest BCUT2D eigenvalue weighted by molar-refractivity contribution is 0.343. The molecule has 0 unspecified atom stereocenters. The molecular formula is C16H22O2Si. The zero-order valence-electron chi connectivity index (χ0n) is 12.1. The molecule has 0 aliphatic heterocycles. The minimum Gasteiger partial charge on any atom is -0.519 e. The summed E-state index contributed by atoms with van der Waals surface area (Å²) in [4.78, 5) is 10.9. The van der Waals surface area contributed by atoms with Gasteiger partial charge in [0.25, 0.3) is 0 Å². The predicted octanol–water partition coefficient (Wildman–Crippen LogP) is 4.47. The van der Waals surface area contributed by atoms with Crippen LogP contribution in [0.4, 0.5) is 0 Å².